The molecule has 210 valence electrons. The van der Waals surface area contributed by atoms with Gasteiger partial charge in [-0.15, -0.1) is 0 Å². The zero-order chi connectivity index (χ0) is 28.5. The number of alkyl halides is 6. The number of amides is 2. The number of hydrogen-bond donors (Lipinski definition) is 2. The van der Waals surface area contributed by atoms with Gasteiger partial charge in [0.05, 0.1) is 41.4 Å². The quantitative estimate of drug-likeness (QED) is 0.418. The first-order valence-electron chi connectivity index (χ1n) is 12.0. The van der Waals surface area contributed by atoms with Gasteiger partial charge in [-0.25, -0.2) is 0 Å². The summed E-state index contributed by atoms with van der Waals surface area (Å²) in [5, 5.41) is 21.5. The van der Waals surface area contributed by atoms with Crippen molar-refractivity contribution >= 4 is 17.5 Å². The highest BCUT2D eigenvalue weighted by molar-refractivity contribution is 6.22. The standard InChI is InChI=1S/C26H23F6NO6/c1-38-11-15-9-18-21(19-10-20(39-24(15,19)37)12-3-2-4-17(34)5-12)23(36)33(22(18)35)16-7-13(25(27,28)29)6-14(8-16)26(30,31)32/h2-8,15,18-21,34,37H,9-11H2,1H3/t15-,18+,19+,20+,21+,24-/m1/s1. The Kier molecular flexibility index (Phi) is 6.47. The first-order valence-corrected chi connectivity index (χ1v) is 12.0. The van der Waals surface area contributed by atoms with Gasteiger partial charge in [-0.2, -0.15) is 26.3 Å². The molecule has 39 heavy (non-hydrogen) atoms. The Hall–Kier alpha value is -3.16. The lowest BCUT2D eigenvalue weighted by atomic mass is 9.64. The number of benzene rings is 2. The van der Waals surface area contributed by atoms with Crippen LogP contribution in [0.5, 0.6) is 5.75 Å². The Morgan fingerprint density at radius 2 is 1.64 bits per heavy atom. The Morgan fingerprint density at radius 3 is 2.21 bits per heavy atom. The fourth-order valence-electron chi connectivity index (χ4n) is 6.13. The molecule has 7 nitrogen and oxygen atoms in total. The molecule has 2 amide bonds. The lowest BCUT2D eigenvalue weighted by Crippen LogP contribution is -2.54. The van der Waals surface area contributed by atoms with Crippen molar-refractivity contribution in [1.29, 1.82) is 0 Å². The predicted octanol–water partition coefficient (Wildman–Crippen LogP) is 4.67. The summed E-state index contributed by atoms with van der Waals surface area (Å²) in [6, 6.07) is 6.59. The SMILES string of the molecule is COC[C@H]1C[C@@H]2C(=O)N(c3cc(C(F)(F)F)cc(C(F)(F)F)c3)C(=O)[C@@H]2[C@@H]2C[C@@H](c3cccc(O)c3)O[C@]12O. The number of hydrogen-bond acceptors (Lipinski definition) is 6. The van der Waals surface area contributed by atoms with Gasteiger partial charge in [0, 0.05) is 18.9 Å². The number of anilines is 1. The van der Waals surface area contributed by atoms with Gasteiger partial charge in [0.15, 0.2) is 5.79 Å². The van der Waals surface area contributed by atoms with E-state index in [4.69, 9.17) is 9.47 Å². The van der Waals surface area contributed by atoms with Gasteiger partial charge in [-0.3, -0.25) is 14.5 Å². The van der Waals surface area contributed by atoms with Gasteiger partial charge in [-0.05, 0) is 48.7 Å². The molecule has 2 aliphatic heterocycles. The van der Waals surface area contributed by atoms with Gasteiger partial charge in [-0.1, -0.05) is 12.1 Å². The third kappa shape index (κ3) is 4.55. The van der Waals surface area contributed by atoms with Crippen LogP contribution in [0.1, 0.15) is 35.6 Å². The van der Waals surface area contributed by atoms with Gasteiger partial charge in [0.2, 0.25) is 11.8 Å². The van der Waals surface area contributed by atoms with Gasteiger partial charge in [0.25, 0.3) is 0 Å². The van der Waals surface area contributed by atoms with Crippen molar-refractivity contribution in [3.63, 3.8) is 0 Å². The summed E-state index contributed by atoms with van der Waals surface area (Å²) in [5.41, 5.74) is -3.70. The molecule has 0 spiro atoms. The highest BCUT2D eigenvalue weighted by Gasteiger charge is 2.67. The Bertz CT molecular complexity index is 1280. The van der Waals surface area contributed by atoms with E-state index < -0.39 is 76.5 Å². The Balaban J connectivity index is 1.57. The summed E-state index contributed by atoms with van der Waals surface area (Å²) in [4.78, 5) is 27.4. The molecule has 1 aliphatic carbocycles. The summed E-state index contributed by atoms with van der Waals surface area (Å²) >= 11 is 0. The van der Waals surface area contributed by atoms with E-state index in [0.717, 1.165) is 0 Å². The number of carbonyl (C=O) groups excluding carboxylic acids is 2. The van der Waals surface area contributed by atoms with Gasteiger partial charge >= 0.3 is 12.4 Å². The zero-order valence-electron chi connectivity index (χ0n) is 20.3. The third-order valence-electron chi connectivity index (χ3n) is 7.80. The number of methoxy groups -OCH3 is 1. The molecular weight excluding hydrogens is 536 g/mol. The maximum atomic E-state index is 13.6. The molecule has 2 aromatic rings. The van der Waals surface area contributed by atoms with Gasteiger partial charge < -0.3 is 19.7 Å². The van der Waals surface area contributed by atoms with Crippen LogP contribution in [-0.4, -0.2) is 41.5 Å². The van der Waals surface area contributed by atoms with Crippen molar-refractivity contribution in [3.8, 4) is 5.75 Å². The number of ether oxygens (including phenoxy) is 2. The predicted molar refractivity (Wildman–Crippen MR) is 121 cm³/mol. The molecule has 2 aromatic carbocycles. The molecule has 0 aromatic heterocycles. The monoisotopic (exact) mass is 559 g/mol. The number of phenolic OH excluding ortho intramolecular Hbond substituents is 1. The number of aliphatic hydroxyl groups is 1. The van der Waals surface area contributed by atoms with Crippen LogP contribution < -0.4 is 4.90 Å². The average Bonchev–Trinajstić information content (AvgIpc) is 3.32. The second kappa shape index (κ2) is 9.20. The molecular formula is C26H23F6NO6. The normalized spacial score (nSPS) is 31.0. The van der Waals surface area contributed by atoms with Crippen molar-refractivity contribution in [2.75, 3.05) is 18.6 Å². The van der Waals surface area contributed by atoms with E-state index in [1.54, 1.807) is 12.1 Å². The maximum absolute atomic E-state index is 13.6. The van der Waals surface area contributed by atoms with Crippen LogP contribution in [0.3, 0.4) is 0 Å². The van der Waals surface area contributed by atoms with E-state index in [-0.39, 0.29) is 31.3 Å². The molecule has 2 N–H and O–H groups in total. The van der Waals surface area contributed by atoms with Crippen molar-refractivity contribution in [1.82, 2.24) is 0 Å². The van der Waals surface area contributed by atoms with E-state index in [0.29, 0.717) is 22.6 Å². The number of fused-ring (bicyclic) bond motifs is 3. The molecule has 2 saturated heterocycles. The molecule has 0 radical (unpaired) electrons. The molecule has 3 aliphatic rings. The van der Waals surface area contributed by atoms with Crippen LogP contribution in [0, 0.1) is 23.7 Å². The number of aromatic hydroxyl groups is 1. The van der Waals surface area contributed by atoms with E-state index in [1.807, 2.05) is 0 Å². The second-order valence-electron chi connectivity index (χ2n) is 10.1. The fourth-order valence-corrected chi connectivity index (χ4v) is 6.13. The highest BCUT2D eigenvalue weighted by Crippen LogP contribution is 2.59. The molecule has 6 atom stereocenters. The van der Waals surface area contributed by atoms with Gasteiger partial charge in [0.1, 0.15) is 5.75 Å². The topological polar surface area (TPSA) is 96.3 Å². The minimum Gasteiger partial charge on any atom is -0.508 e. The zero-order valence-corrected chi connectivity index (χ0v) is 20.3. The van der Waals surface area contributed by atoms with Crippen molar-refractivity contribution in [2.45, 2.75) is 37.1 Å². The number of halogens is 6. The first-order chi connectivity index (χ1) is 18.1. The summed E-state index contributed by atoms with van der Waals surface area (Å²) < 4.78 is 92.0. The second-order valence-corrected chi connectivity index (χ2v) is 10.1. The van der Waals surface area contributed by atoms with E-state index >= 15 is 0 Å². The number of nitrogens with zero attached hydrogens (tertiary/aromatic N) is 1. The molecule has 13 heteroatoms. The molecule has 3 fully saturated rings. The number of imide groups is 1. The molecule has 0 bridgehead atoms. The number of phenols is 1. The summed E-state index contributed by atoms with van der Waals surface area (Å²) in [7, 11) is 1.35. The minimum absolute atomic E-state index is 0.00455. The maximum Gasteiger partial charge on any atom is 0.416 e. The number of carbonyl (C=O) groups is 2. The van der Waals surface area contributed by atoms with E-state index in [2.05, 4.69) is 0 Å². The van der Waals surface area contributed by atoms with Crippen LogP contribution in [0.4, 0.5) is 32.0 Å². The highest BCUT2D eigenvalue weighted by atomic mass is 19.4. The minimum atomic E-state index is -5.17. The fraction of sp³-hybridized carbons (Fsp3) is 0.462. The van der Waals surface area contributed by atoms with Crippen LogP contribution in [-0.2, 0) is 31.4 Å². The van der Waals surface area contributed by atoms with Crippen molar-refractivity contribution < 1.29 is 55.6 Å². The van der Waals surface area contributed by atoms with Crippen LogP contribution in [0.2, 0.25) is 0 Å². The van der Waals surface area contributed by atoms with E-state index in [9.17, 15) is 46.1 Å². The molecule has 5 rings (SSSR count). The third-order valence-corrected chi connectivity index (χ3v) is 7.80. The van der Waals surface area contributed by atoms with Crippen molar-refractivity contribution in [2.24, 2.45) is 23.7 Å². The lowest BCUT2D eigenvalue weighted by Gasteiger charge is -2.44. The lowest BCUT2D eigenvalue weighted by molar-refractivity contribution is -0.275. The Labute approximate surface area is 217 Å². The molecule has 1 saturated carbocycles. The smallest absolute Gasteiger partial charge is 0.416 e. The number of rotatable bonds is 4. The largest absolute Gasteiger partial charge is 0.508 e. The summed E-state index contributed by atoms with van der Waals surface area (Å²) in [5.74, 6) is -8.28. The summed E-state index contributed by atoms with van der Waals surface area (Å²) in [6.45, 7) is -0.0910. The molecule has 2 heterocycles. The Morgan fingerprint density at radius 1 is 1.00 bits per heavy atom. The van der Waals surface area contributed by atoms with Crippen LogP contribution in [0.15, 0.2) is 42.5 Å². The van der Waals surface area contributed by atoms with Crippen molar-refractivity contribution in [3.05, 3.63) is 59.2 Å². The molecule has 0 unspecified atom stereocenters. The first kappa shape index (κ1) is 27.4. The average molecular weight is 559 g/mol. The van der Waals surface area contributed by atoms with Crippen LogP contribution in [0.25, 0.3) is 0 Å². The van der Waals surface area contributed by atoms with Crippen LogP contribution >= 0.6 is 0 Å². The summed E-state index contributed by atoms with van der Waals surface area (Å²) in [6.07, 6.45) is -11.3. The van der Waals surface area contributed by atoms with E-state index in [1.165, 1.54) is 19.2 Å².